The number of amides is 2. The maximum Gasteiger partial charge on any atom is 0.434 e. The molecule has 0 saturated heterocycles. The Bertz CT molecular complexity index is 1830. The van der Waals surface area contributed by atoms with Crippen LogP contribution in [0.15, 0.2) is 66.9 Å². The summed E-state index contributed by atoms with van der Waals surface area (Å²) >= 11 is 0. The van der Waals surface area contributed by atoms with Gasteiger partial charge in [-0.2, -0.15) is 31.4 Å². The summed E-state index contributed by atoms with van der Waals surface area (Å²) in [6.07, 6.45) is -11.0. The summed E-state index contributed by atoms with van der Waals surface area (Å²) in [5, 5.41) is 16.5. The molecule has 1 aliphatic carbocycles. The van der Waals surface area contributed by atoms with Gasteiger partial charge in [0.2, 0.25) is 11.5 Å². The van der Waals surface area contributed by atoms with Crippen molar-refractivity contribution >= 4 is 11.8 Å². The molecule has 9 nitrogen and oxygen atoms in total. The number of rotatable bonds is 7. The maximum atomic E-state index is 14.6. The molecular weight excluding hydrogens is 615 g/mol. The van der Waals surface area contributed by atoms with Crippen molar-refractivity contribution in [1.82, 2.24) is 20.1 Å². The zero-order valence-corrected chi connectivity index (χ0v) is 22.6. The summed E-state index contributed by atoms with van der Waals surface area (Å²) in [5.74, 6) is -3.30. The number of ether oxygens (including phenoxy) is 1. The molecule has 2 aromatic carbocycles. The molecule has 2 aromatic heterocycles. The fourth-order valence-electron chi connectivity index (χ4n) is 5.38. The monoisotopic (exact) mass is 635 g/mol. The highest BCUT2D eigenvalue weighted by Crippen LogP contribution is 2.61. The minimum absolute atomic E-state index is 0.0362. The highest BCUT2D eigenvalue weighted by Gasteiger charge is 2.69. The molecule has 1 fully saturated rings. The Morgan fingerprint density at radius 1 is 1.07 bits per heavy atom. The topological polar surface area (TPSA) is 132 Å². The normalized spacial score (nSPS) is 20.0. The number of nitrogens with zero attached hydrogens (tertiary/aromatic N) is 3. The van der Waals surface area contributed by atoms with Gasteiger partial charge < -0.3 is 20.9 Å². The molecular formula is C29H20F7N5O4. The van der Waals surface area contributed by atoms with E-state index in [1.54, 1.807) is 5.32 Å². The van der Waals surface area contributed by atoms with Gasteiger partial charge in [-0.05, 0) is 42.5 Å². The molecule has 0 radical (unpaired) electrons. The summed E-state index contributed by atoms with van der Waals surface area (Å²) in [4.78, 5) is 29.3. The van der Waals surface area contributed by atoms with E-state index in [-0.39, 0.29) is 34.7 Å². The number of pyridine rings is 1. The number of aromatic nitrogens is 3. The molecule has 2 unspecified atom stereocenters. The zero-order chi connectivity index (χ0) is 32.5. The van der Waals surface area contributed by atoms with E-state index in [0.717, 1.165) is 18.2 Å². The Labute approximate surface area is 248 Å². The molecule has 234 valence electrons. The molecule has 45 heavy (non-hydrogen) atoms. The van der Waals surface area contributed by atoms with E-state index in [4.69, 9.17) is 10.5 Å². The van der Waals surface area contributed by atoms with Crippen molar-refractivity contribution < 1.29 is 50.2 Å². The third-order valence-corrected chi connectivity index (χ3v) is 7.85. The first-order valence-electron chi connectivity index (χ1n) is 13.1. The second kappa shape index (κ2) is 10.0. The molecule has 0 bridgehead atoms. The van der Waals surface area contributed by atoms with Gasteiger partial charge in [0.1, 0.15) is 23.0 Å². The van der Waals surface area contributed by atoms with E-state index in [1.807, 2.05) is 0 Å². The third kappa shape index (κ3) is 4.75. The number of nitrogens with two attached hydrogens (primary N) is 1. The fraction of sp³-hybridized carbons (Fsp3) is 0.241. The Kier molecular flexibility index (Phi) is 6.69. The van der Waals surface area contributed by atoms with Gasteiger partial charge in [-0.1, -0.05) is 18.2 Å². The van der Waals surface area contributed by atoms with Crippen LogP contribution in [0.25, 0.3) is 16.9 Å². The van der Waals surface area contributed by atoms with Crippen LogP contribution in [0.5, 0.6) is 5.75 Å². The number of fused-ring (bicyclic) bond motifs is 3. The van der Waals surface area contributed by atoms with Crippen LogP contribution in [0.4, 0.5) is 30.7 Å². The van der Waals surface area contributed by atoms with Crippen LogP contribution < -0.4 is 15.8 Å². The van der Waals surface area contributed by atoms with Crippen molar-refractivity contribution in [2.24, 2.45) is 5.73 Å². The SMILES string of the molecule is NC(=O)[C@@]12CC1Oc1c2cc(C(O)(CNC(=O)c2cnn(-c3ccccc3)c2C(F)(F)F)C(F)(F)F)nc1-c1ccc(F)cc1. The van der Waals surface area contributed by atoms with Gasteiger partial charge >= 0.3 is 12.4 Å². The number of benzene rings is 2. The van der Waals surface area contributed by atoms with Gasteiger partial charge in [0, 0.05) is 17.5 Å². The second-order valence-electron chi connectivity index (χ2n) is 10.6. The molecule has 3 atom stereocenters. The van der Waals surface area contributed by atoms with Gasteiger partial charge in [0.05, 0.1) is 29.7 Å². The second-order valence-corrected chi connectivity index (χ2v) is 10.6. The fourth-order valence-corrected chi connectivity index (χ4v) is 5.38. The number of para-hydroxylation sites is 1. The van der Waals surface area contributed by atoms with Gasteiger partial charge in [-0.25, -0.2) is 14.1 Å². The smallest absolute Gasteiger partial charge is 0.434 e. The predicted molar refractivity (Wildman–Crippen MR) is 140 cm³/mol. The average molecular weight is 635 g/mol. The minimum Gasteiger partial charge on any atom is -0.486 e. The molecule has 3 heterocycles. The summed E-state index contributed by atoms with van der Waals surface area (Å²) in [5.41, 5.74) is -4.13. The number of primary amides is 1. The minimum atomic E-state index is -5.56. The summed E-state index contributed by atoms with van der Waals surface area (Å²) in [7, 11) is 0. The highest BCUT2D eigenvalue weighted by molar-refractivity contribution is 5.96. The standard InChI is InChI=1S/C29H20F7N5O4/c30-15-8-6-14(7-9-15)21-22-18(26(25(37)43)11-20(26)45-22)10-19(40-21)27(44,29(34,35)36)13-38-24(42)17-12-39-41(23(17)28(31,32)33)16-4-2-1-3-5-16/h1-10,12,20,44H,11,13H2,(H2,37,43)(H,38,42)/t20?,26-,27?/m1/s1. The lowest BCUT2D eigenvalue weighted by Crippen LogP contribution is -2.51. The van der Waals surface area contributed by atoms with Gasteiger partial charge in [-0.3, -0.25) is 9.59 Å². The number of carbonyl (C=O) groups excluding carboxylic acids is 2. The summed E-state index contributed by atoms with van der Waals surface area (Å²) in [6, 6.07) is 12.1. The van der Waals surface area contributed by atoms with E-state index in [1.165, 1.54) is 42.5 Å². The number of alkyl halides is 6. The largest absolute Gasteiger partial charge is 0.486 e. The molecule has 1 aliphatic heterocycles. The first-order valence-corrected chi connectivity index (χ1v) is 13.1. The molecule has 0 spiro atoms. The van der Waals surface area contributed by atoms with Crippen LogP contribution in [0.2, 0.25) is 0 Å². The van der Waals surface area contributed by atoms with E-state index in [2.05, 4.69) is 10.1 Å². The van der Waals surface area contributed by atoms with Crippen molar-refractivity contribution in [2.45, 2.75) is 35.9 Å². The Balaban J connectivity index is 1.42. The van der Waals surface area contributed by atoms with Crippen molar-refractivity contribution in [3.63, 3.8) is 0 Å². The number of hydrogen-bond acceptors (Lipinski definition) is 6. The number of carbonyl (C=O) groups is 2. The number of hydrogen-bond donors (Lipinski definition) is 3. The quantitative estimate of drug-likeness (QED) is 0.262. The highest BCUT2D eigenvalue weighted by atomic mass is 19.4. The van der Waals surface area contributed by atoms with Crippen molar-refractivity contribution in [3.8, 4) is 22.7 Å². The average Bonchev–Trinajstić information content (AvgIpc) is 3.37. The summed E-state index contributed by atoms with van der Waals surface area (Å²) in [6.45, 7) is -1.69. The first-order chi connectivity index (χ1) is 21.1. The van der Waals surface area contributed by atoms with E-state index < -0.39 is 70.6 Å². The number of nitrogens with one attached hydrogen (secondary N) is 1. The third-order valence-electron chi connectivity index (χ3n) is 7.85. The van der Waals surface area contributed by atoms with E-state index in [0.29, 0.717) is 10.9 Å². The number of halogens is 7. The number of aliphatic hydroxyl groups is 1. The Hall–Kier alpha value is -4.99. The van der Waals surface area contributed by atoms with Crippen molar-refractivity contribution in [1.29, 1.82) is 0 Å². The van der Waals surface area contributed by atoms with E-state index >= 15 is 0 Å². The molecule has 1 saturated carbocycles. The van der Waals surface area contributed by atoms with Crippen LogP contribution in [-0.2, 0) is 22.0 Å². The predicted octanol–water partition coefficient (Wildman–Crippen LogP) is 4.16. The lowest BCUT2D eigenvalue weighted by molar-refractivity contribution is -0.265. The molecule has 4 N–H and O–H groups in total. The van der Waals surface area contributed by atoms with Gasteiger partial charge in [0.15, 0.2) is 11.4 Å². The molecule has 16 heteroatoms. The first kappa shape index (κ1) is 30.1. The van der Waals surface area contributed by atoms with Crippen LogP contribution in [0.3, 0.4) is 0 Å². The lowest BCUT2D eigenvalue weighted by atomic mass is 9.89. The molecule has 6 rings (SSSR count). The summed E-state index contributed by atoms with van der Waals surface area (Å²) < 4.78 is 106. The zero-order valence-electron chi connectivity index (χ0n) is 22.6. The molecule has 4 aromatic rings. The van der Waals surface area contributed by atoms with Crippen molar-refractivity contribution in [2.75, 3.05) is 6.54 Å². The molecule has 2 aliphatic rings. The van der Waals surface area contributed by atoms with Gasteiger partial charge in [-0.15, -0.1) is 0 Å². The van der Waals surface area contributed by atoms with Gasteiger partial charge in [0.25, 0.3) is 5.91 Å². The van der Waals surface area contributed by atoms with Crippen LogP contribution >= 0.6 is 0 Å². The van der Waals surface area contributed by atoms with Crippen LogP contribution in [-0.4, -0.2) is 50.5 Å². The Morgan fingerprint density at radius 3 is 2.33 bits per heavy atom. The molecule has 2 amide bonds. The van der Waals surface area contributed by atoms with Crippen LogP contribution in [0.1, 0.15) is 33.7 Å². The lowest BCUT2D eigenvalue weighted by Gasteiger charge is -2.31. The maximum absolute atomic E-state index is 14.6. The van der Waals surface area contributed by atoms with Crippen LogP contribution in [0, 0.1) is 5.82 Å². The van der Waals surface area contributed by atoms with Crippen molar-refractivity contribution in [3.05, 3.63) is 95.2 Å². The Morgan fingerprint density at radius 2 is 1.73 bits per heavy atom. The van der Waals surface area contributed by atoms with E-state index in [9.17, 15) is 45.4 Å².